The molecule has 1 fully saturated rings. The van der Waals surface area contributed by atoms with Gasteiger partial charge in [-0.25, -0.2) is 4.79 Å². The predicted molar refractivity (Wildman–Crippen MR) is 97.6 cm³/mol. The monoisotopic (exact) mass is 370 g/mol. The number of fused-ring (bicyclic) bond motifs is 1. The molecule has 2 aliphatic heterocycles. The molecule has 1 N–H and O–H groups in total. The fourth-order valence-electron chi connectivity index (χ4n) is 3.67. The van der Waals surface area contributed by atoms with E-state index in [0.717, 1.165) is 18.5 Å². The average molecular weight is 370 g/mol. The Kier molecular flexibility index (Phi) is 4.61. The Bertz CT molecular complexity index is 869. The van der Waals surface area contributed by atoms with Gasteiger partial charge in [0.05, 0.1) is 18.8 Å². The molecule has 4 rings (SSSR count). The molecule has 0 spiro atoms. The molecule has 1 saturated heterocycles. The normalized spacial score (nSPS) is 21.7. The minimum Gasteiger partial charge on any atom is -0.465 e. The van der Waals surface area contributed by atoms with Crippen molar-refractivity contribution in [1.29, 1.82) is 0 Å². The predicted octanol–water partition coefficient (Wildman–Crippen LogP) is 3.12. The van der Waals surface area contributed by atoms with Gasteiger partial charge in [0, 0.05) is 18.8 Å². The van der Waals surface area contributed by atoms with Crippen molar-refractivity contribution in [2.24, 2.45) is 0 Å². The summed E-state index contributed by atoms with van der Waals surface area (Å²) in [7, 11) is 1.33. The van der Waals surface area contributed by atoms with E-state index in [-0.39, 0.29) is 12.0 Å². The molecule has 1 amide bonds. The molecular formula is C20H22N2O5. The number of rotatable bonds is 4. The van der Waals surface area contributed by atoms with Crippen LogP contribution in [0.4, 0.5) is 5.69 Å². The first-order valence-corrected chi connectivity index (χ1v) is 9.05. The highest BCUT2D eigenvalue weighted by Crippen LogP contribution is 2.35. The number of nitrogens with zero attached hydrogens (tertiary/aromatic N) is 1. The minimum atomic E-state index is -0.520. The number of carbonyl (C=O) groups excluding carboxylic acids is 2. The highest BCUT2D eigenvalue weighted by molar-refractivity contribution is 6.01. The van der Waals surface area contributed by atoms with E-state index in [4.69, 9.17) is 13.9 Å². The number of furan rings is 1. The zero-order valence-electron chi connectivity index (χ0n) is 15.4. The van der Waals surface area contributed by atoms with Crippen LogP contribution in [0.2, 0.25) is 0 Å². The molecule has 1 aromatic carbocycles. The van der Waals surface area contributed by atoms with E-state index < -0.39 is 12.1 Å². The highest BCUT2D eigenvalue weighted by atomic mass is 16.5. The maximum absolute atomic E-state index is 13.2. The Balaban J connectivity index is 1.71. The first-order valence-electron chi connectivity index (χ1n) is 9.05. The number of esters is 1. The number of nitrogens with one attached hydrogen (secondary N) is 1. The van der Waals surface area contributed by atoms with E-state index in [2.05, 4.69) is 5.32 Å². The van der Waals surface area contributed by atoms with Crippen molar-refractivity contribution in [2.75, 3.05) is 25.6 Å². The smallest absolute Gasteiger partial charge is 0.341 e. The van der Waals surface area contributed by atoms with Crippen LogP contribution in [-0.4, -0.2) is 43.1 Å². The van der Waals surface area contributed by atoms with Crippen LogP contribution in [0, 0.1) is 6.92 Å². The molecule has 0 radical (unpaired) electrons. The van der Waals surface area contributed by atoms with Gasteiger partial charge in [-0.3, -0.25) is 4.79 Å². The molecule has 0 unspecified atom stereocenters. The molecule has 0 aliphatic carbocycles. The molecule has 2 aliphatic rings. The van der Waals surface area contributed by atoms with E-state index in [9.17, 15) is 9.59 Å². The summed E-state index contributed by atoms with van der Waals surface area (Å²) in [5.74, 6) is 0.407. The first-order chi connectivity index (χ1) is 13.1. The molecule has 0 saturated carbocycles. The third kappa shape index (κ3) is 3.19. The Labute approximate surface area is 157 Å². The van der Waals surface area contributed by atoms with Crippen molar-refractivity contribution < 1.29 is 23.5 Å². The van der Waals surface area contributed by atoms with Gasteiger partial charge in [0.15, 0.2) is 6.17 Å². The second kappa shape index (κ2) is 7.08. The summed E-state index contributed by atoms with van der Waals surface area (Å²) in [5.41, 5.74) is 1.71. The van der Waals surface area contributed by atoms with Gasteiger partial charge < -0.3 is 24.1 Å². The van der Waals surface area contributed by atoms with Crippen LogP contribution in [0.1, 0.15) is 51.2 Å². The number of carbonyl (C=O) groups is 2. The van der Waals surface area contributed by atoms with Gasteiger partial charge >= 0.3 is 5.97 Å². The van der Waals surface area contributed by atoms with Crippen LogP contribution < -0.4 is 5.32 Å². The maximum atomic E-state index is 13.2. The first kappa shape index (κ1) is 17.6. The van der Waals surface area contributed by atoms with Crippen LogP contribution in [0.5, 0.6) is 0 Å². The number of ether oxygens (including phenoxy) is 2. The number of amides is 1. The summed E-state index contributed by atoms with van der Waals surface area (Å²) >= 11 is 0. The fraction of sp³-hybridized carbons (Fsp3) is 0.400. The third-order valence-corrected chi connectivity index (χ3v) is 5.06. The molecule has 0 bridgehead atoms. The van der Waals surface area contributed by atoms with Gasteiger partial charge in [-0.05, 0) is 38.0 Å². The van der Waals surface area contributed by atoms with E-state index >= 15 is 0 Å². The lowest BCUT2D eigenvalue weighted by Gasteiger charge is -2.37. The van der Waals surface area contributed by atoms with Gasteiger partial charge in [0.2, 0.25) is 0 Å². The topological polar surface area (TPSA) is 81.0 Å². The van der Waals surface area contributed by atoms with Crippen molar-refractivity contribution in [1.82, 2.24) is 4.90 Å². The number of hydrogen-bond donors (Lipinski definition) is 1. The summed E-state index contributed by atoms with van der Waals surface area (Å²) in [4.78, 5) is 26.8. The Hall–Kier alpha value is -2.80. The molecule has 7 heteroatoms. The standard InChI is InChI=1S/C20H22N2O5/c1-12-15(20(24)25-2)10-17(27-12)18-21-16-8-4-3-7-14(16)19(23)22(18)11-13-6-5-9-26-13/h3-4,7-8,10,13,18,21H,5-6,9,11H2,1-2H3/t13-,18+/m0/s1. The lowest BCUT2D eigenvalue weighted by Crippen LogP contribution is -2.46. The van der Waals surface area contributed by atoms with Crippen LogP contribution in [0.3, 0.4) is 0 Å². The van der Waals surface area contributed by atoms with Crippen molar-refractivity contribution in [3.63, 3.8) is 0 Å². The van der Waals surface area contributed by atoms with E-state index in [1.54, 1.807) is 24.0 Å². The SMILES string of the molecule is COC(=O)c1cc([C@@H]2Nc3ccccc3C(=O)N2C[C@@H]2CCCO2)oc1C. The number of para-hydroxylation sites is 1. The quantitative estimate of drug-likeness (QED) is 0.833. The summed E-state index contributed by atoms with van der Waals surface area (Å²) in [6, 6.07) is 9.02. The molecular weight excluding hydrogens is 348 g/mol. The number of methoxy groups -OCH3 is 1. The minimum absolute atomic E-state index is 0.000325. The molecule has 2 atom stereocenters. The summed E-state index contributed by atoms with van der Waals surface area (Å²) in [6.45, 7) is 2.88. The summed E-state index contributed by atoms with van der Waals surface area (Å²) < 4.78 is 16.4. The molecule has 142 valence electrons. The average Bonchev–Trinajstić information content (AvgIpc) is 3.33. The molecule has 2 aromatic rings. The van der Waals surface area contributed by atoms with Crippen molar-refractivity contribution in [3.05, 3.63) is 53.0 Å². The number of anilines is 1. The zero-order chi connectivity index (χ0) is 19.0. The van der Waals surface area contributed by atoms with Crippen LogP contribution >= 0.6 is 0 Å². The van der Waals surface area contributed by atoms with Gasteiger partial charge in [-0.1, -0.05) is 12.1 Å². The van der Waals surface area contributed by atoms with Crippen molar-refractivity contribution in [2.45, 2.75) is 32.0 Å². The van der Waals surface area contributed by atoms with Crippen molar-refractivity contribution >= 4 is 17.6 Å². The summed E-state index contributed by atoms with van der Waals surface area (Å²) in [6.07, 6.45) is 1.39. The van der Waals surface area contributed by atoms with Gasteiger partial charge in [-0.15, -0.1) is 0 Å². The number of hydrogen-bond acceptors (Lipinski definition) is 6. The fourth-order valence-corrected chi connectivity index (χ4v) is 3.67. The maximum Gasteiger partial charge on any atom is 0.341 e. The third-order valence-electron chi connectivity index (χ3n) is 5.06. The van der Waals surface area contributed by atoms with Crippen LogP contribution in [0.15, 0.2) is 34.7 Å². The van der Waals surface area contributed by atoms with Crippen molar-refractivity contribution in [3.8, 4) is 0 Å². The lowest BCUT2D eigenvalue weighted by atomic mass is 10.1. The summed E-state index contributed by atoms with van der Waals surface area (Å²) in [5, 5.41) is 3.37. The highest BCUT2D eigenvalue weighted by Gasteiger charge is 2.37. The van der Waals surface area contributed by atoms with E-state index in [1.165, 1.54) is 7.11 Å². The Morgan fingerprint density at radius 3 is 2.93 bits per heavy atom. The number of benzene rings is 1. The molecule has 27 heavy (non-hydrogen) atoms. The van der Waals surface area contributed by atoms with Gasteiger partial charge in [0.1, 0.15) is 17.1 Å². The molecule has 1 aromatic heterocycles. The zero-order valence-corrected chi connectivity index (χ0v) is 15.4. The second-order valence-electron chi connectivity index (χ2n) is 6.80. The van der Waals surface area contributed by atoms with Crippen LogP contribution in [0.25, 0.3) is 0 Å². The Morgan fingerprint density at radius 2 is 2.19 bits per heavy atom. The van der Waals surface area contributed by atoms with Crippen LogP contribution in [-0.2, 0) is 9.47 Å². The number of aryl methyl sites for hydroxylation is 1. The van der Waals surface area contributed by atoms with Gasteiger partial charge in [-0.2, -0.15) is 0 Å². The molecule has 7 nitrogen and oxygen atoms in total. The van der Waals surface area contributed by atoms with Gasteiger partial charge in [0.25, 0.3) is 5.91 Å². The molecule has 3 heterocycles. The second-order valence-corrected chi connectivity index (χ2v) is 6.80. The Morgan fingerprint density at radius 1 is 1.37 bits per heavy atom. The van der Waals surface area contributed by atoms with E-state index in [1.807, 2.05) is 18.2 Å². The lowest BCUT2D eigenvalue weighted by molar-refractivity contribution is 0.0401. The largest absolute Gasteiger partial charge is 0.465 e. The van der Waals surface area contributed by atoms with E-state index in [0.29, 0.717) is 35.8 Å².